The maximum atomic E-state index is 12.4. The molecule has 0 amide bonds. The van der Waals surface area contributed by atoms with Gasteiger partial charge < -0.3 is 10.2 Å². The molecule has 8 nitrogen and oxygen atoms in total. The zero-order chi connectivity index (χ0) is 20.1. The number of aliphatic imine (C=N–C) groups is 1. The Balaban J connectivity index is 1.77. The number of aromatic nitrogens is 2. The third kappa shape index (κ3) is 3.17. The molecule has 1 atom stereocenters. The van der Waals surface area contributed by atoms with E-state index in [1.54, 1.807) is 31.6 Å². The minimum Gasteiger partial charge on any atom is -0.444 e. The first-order valence-corrected chi connectivity index (χ1v) is 11.0. The lowest BCUT2D eigenvalue weighted by molar-refractivity contribution is 0.482. The zero-order valence-electron chi connectivity index (χ0n) is 15.0. The van der Waals surface area contributed by atoms with E-state index in [-0.39, 0.29) is 11.7 Å². The fraction of sp³-hybridized carbons (Fsp3) is 0.235. The van der Waals surface area contributed by atoms with E-state index in [0.29, 0.717) is 15.8 Å². The summed E-state index contributed by atoms with van der Waals surface area (Å²) in [6.07, 6.45) is 6.41. The number of nitrogens with two attached hydrogens (primary N) is 1. The molecule has 4 rings (SSSR count). The summed E-state index contributed by atoms with van der Waals surface area (Å²) in [5.74, 6) is 0.182. The van der Waals surface area contributed by atoms with Crippen molar-refractivity contribution in [2.45, 2.75) is 12.5 Å². The summed E-state index contributed by atoms with van der Waals surface area (Å²) in [7, 11) is -2.20. The van der Waals surface area contributed by atoms with Crippen LogP contribution in [0.2, 0.25) is 5.02 Å². The summed E-state index contributed by atoms with van der Waals surface area (Å²) in [6.45, 7) is 1.72. The van der Waals surface area contributed by atoms with Crippen LogP contribution in [0.5, 0.6) is 0 Å². The van der Waals surface area contributed by atoms with Gasteiger partial charge in [0.05, 0.1) is 27.4 Å². The van der Waals surface area contributed by atoms with Crippen LogP contribution in [0.1, 0.15) is 11.8 Å². The van der Waals surface area contributed by atoms with E-state index in [4.69, 9.17) is 21.8 Å². The van der Waals surface area contributed by atoms with Gasteiger partial charge in [-0.25, -0.2) is 22.7 Å². The number of sulfonamides is 1. The van der Waals surface area contributed by atoms with Gasteiger partial charge in [-0.3, -0.25) is 4.98 Å². The molecule has 2 N–H and O–H groups in total. The van der Waals surface area contributed by atoms with E-state index in [0.717, 1.165) is 20.3 Å². The lowest BCUT2D eigenvalue weighted by Gasteiger charge is -2.33. The lowest BCUT2D eigenvalue weighted by atomic mass is 10.0. The normalized spacial score (nSPS) is 21.5. The van der Waals surface area contributed by atoms with Crippen LogP contribution < -0.4 is 5.73 Å². The zero-order valence-corrected chi connectivity index (χ0v) is 17.3. The molecule has 0 fully saturated rings. The van der Waals surface area contributed by atoms with Crippen molar-refractivity contribution in [1.82, 2.24) is 14.3 Å². The number of pyridine rings is 1. The van der Waals surface area contributed by atoms with Crippen molar-refractivity contribution in [3.8, 4) is 21.9 Å². The van der Waals surface area contributed by atoms with Crippen LogP contribution in [0.3, 0.4) is 0 Å². The Morgan fingerprint density at radius 1 is 1.32 bits per heavy atom. The number of thiophene rings is 1. The van der Waals surface area contributed by atoms with E-state index < -0.39 is 15.6 Å². The van der Waals surface area contributed by atoms with Gasteiger partial charge in [-0.15, -0.1) is 11.3 Å². The van der Waals surface area contributed by atoms with Crippen molar-refractivity contribution >= 4 is 38.9 Å². The Morgan fingerprint density at radius 2 is 2.07 bits per heavy atom. The number of nitrogens with zero attached hydrogens (tertiary/aromatic N) is 4. The molecule has 0 radical (unpaired) electrons. The third-order valence-electron chi connectivity index (χ3n) is 4.44. The maximum Gasteiger partial charge on any atom is 0.239 e. The first-order valence-electron chi connectivity index (χ1n) is 8.17. The molecule has 1 aliphatic heterocycles. The topological polar surface area (TPSA) is 115 Å². The highest BCUT2D eigenvalue weighted by atomic mass is 35.5. The van der Waals surface area contributed by atoms with E-state index in [2.05, 4.69) is 15.0 Å². The molecular weight excluding hydrogens is 422 g/mol. The highest BCUT2D eigenvalue weighted by molar-refractivity contribution is 7.89. The van der Waals surface area contributed by atoms with Crippen molar-refractivity contribution in [1.29, 1.82) is 0 Å². The predicted octanol–water partition coefficient (Wildman–Crippen LogP) is 2.92. The van der Waals surface area contributed by atoms with Crippen molar-refractivity contribution in [3.05, 3.63) is 46.9 Å². The quantitative estimate of drug-likeness (QED) is 0.673. The van der Waals surface area contributed by atoms with E-state index in [1.165, 1.54) is 24.6 Å². The number of rotatable bonds is 3. The Morgan fingerprint density at radius 3 is 2.75 bits per heavy atom. The van der Waals surface area contributed by atoms with Crippen LogP contribution in [0.15, 0.2) is 46.4 Å². The Kier molecular flexibility index (Phi) is 4.44. The molecule has 0 bridgehead atoms. The van der Waals surface area contributed by atoms with E-state index >= 15 is 0 Å². The smallest absolute Gasteiger partial charge is 0.239 e. The number of halogens is 1. The highest BCUT2D eigenvalue weighted by Gasteiger charge is 2.42. The largest absolute Gasteiger partial charge is 0.444 e. The SMILES string of the molecule is CN1C(N)=NC(C)(c2sc(-c3cncc(-c4ncco4)c3)cc2Cl)CS1(=O)=O. The van der Waals surface area contributed by atoms with E-state index in [9.17, 15) is 8.42 Å². The molecule has 0 saturated carbocycles. The molecule has 11 heteroatoms. The van der Waals surface area contributed by atoms with Crippen LogP contribution in [-0.2, 0) is 15.6 Å². The van der Waals surface area contributed by atoms with Crippen LogP contribution in [0.25, 0.3) is 21.9 Å². The van der Waals surface area contributed by atoms with Crippen LogP contribution >= 0.6 is 22.9 Å². The molecule has 3 aromatic heterocycles. The summed E-state index contributed by atoms with van der Waals surface area (Å²) in [4.78, 5) is 14.2. The summed E-state index contributed by atoms with van der Waals surface area (Å²) in [6, 6.07) is 3.66. The fourth-order valence-electron chi connectivity index (χ4n) is 3.00. The van der Waals surface area contributed by atoms with Gasteiger partial charge in [0.15, 0.2) is 0 Å². The molecule has 1 unspecified atom stereocenters. The molecule has 3 aromatic rings. The molecule has 0 aromatic carbocycles. The van der Waals surface area contributed by atoms with Crippen LogP contribution in [0.4, 0.5) is 0 Å². The van der Waals surface area contributed by atoms with Gasteiger partial charge in [-0.2, -0.15) is 0 Å². The van der Waals surface area contributed by atoms with Gasteiger partial charge in [0.2, 0.25) is 21.9 Å². The number of hydrogen-bond acceptors (Lipinski definition) is 8. The number of oxazole rings is 1. The van der Waals surface area contributed by atoms with E-state index in [1.807, 2.05) is 6.07 Å². The second kappa shape index (κ2) is 6.57. The Bertz CT molecular complexity index is 1170. The number of guanidine groups is 1. The molecule has 146 valence electrons. The van der Waals surface area contributed by atoms with Crippen LogP contribution in [-0.4, -0.2) is 41.5 Å². The first kappa shape index (κ1) is 18.9. The van der Waals surface area contributed by atoms with Gasteiger partial charge in [-0.1, -0.05) is 11.6 Å². The molecule has 0 aliphatic carbocycles. The number of hydrogen-bond donors (Lipinski definition) is 1. The first-order chi connectivity index (χ1) is 13.2. The maximum absolute atomic E-state index is 12.4. The molecule has 28 heavy (non-hydrogen) atoms. The van der Waals surface area contributed by atoms with Gasteiger partial charge in [-0.05, 0) is 19.1 Å². The summed E-state index contributed by atoms with van der Waals surface area (Å²) in [5.41, 5.74) is 6.31. The van der Waals surface area contributed by atoms with Gasteiger partial charge >= 0.3 is 0 Å². The van der Waals surface area contributed by atoms with Gasteiger partial charge in [0, 0.05) is 29.9 Å². The van der Waals surface area contributed by atoms with Crippen molar-refractivity contribution < 1.29 is 12.8 Å². The molecule has 4 heterocycles. The minimum atomic E-state index is -3.58. The third-order valence-corrected chi connectivity index (χ3v) is 8.24. The monoisotopic (exact) mass is 437 g/mol. The Hall–Kier alpha value is -2.43. The lowest BCUT2D eigenvalue weighted by Crippen LogP contribution is -2.50. The summed E-state index contributed by atoms with van der Waals surface area (Å²) in [5, 5.41) is 0.431. The molecule has 0 saturated heterocycles. The second-order valence-corrected chi connectivity index (χ2v) is 10.0. The van der Waals surface area contributed by atoms with Gasteiger partial charge in [0.25, 0.3) is 0 Å². The summed E-state index contributed by atoms with van der Waals surface area (Å²) < 4.78 is 31.2. The highest BCUT2D eigenvalue weighted by Crippen LogP contribution is 2.44. The molecule has 0 spiro atoms. The van der Waals surface area contributed by atoms with Crippen LogP contribution in [0, 0.1) is 0 Å². The summed E-state index contributed by atoms with van der Waals surface area (Å²) >= 11 is 7.83. The van der Waals surface area contributed by atoms with Crippen molar-refractivity contribution in [2.75, 3.05) is 12.8 Å². The standard InChI is InChI=1S/C17H16ClN5O3S2/c1-17(9-28(24,25)23(2)16(19)22-17)14-12(18)6-13(27-14)10-5-11(8-20-7-10)15-21-3-4-26-15/h3-8H,9H2,1-2H3,(H2,19,22). The molecule has 1 aliphatic rings. The van der Waals surface area contributed by atoms with Gasteiger partial charge in [0.1, 0.15) is 11.8 Å². The van der Waals surface area contributed by atoms with Crippen molar-refractivity contribution in [2.24, 2.45) is 10.7 Å². The second-order valence-electron chi connectivity index (χ2n) is 6.55. The average Bonchev–Trinajstić information content (AvgIpc) is 3.29. The Labute approximate surface area is 170 Å². The van der Waals surface area contributed by atoms with Crippen molar-refractivity contribution in [3.63, 3.8) is 0 Å². The fourth-order valence-corrected chi connectivity index (χ4v) is 6.15. The predicted molar refractivity (Wildman–Crippen MR) is 109 cm³/mol. The minimum absolute atomic E-state index is 0.0627. The molecular formula is C17H16ClN5O3S2. The average molecular weight is 438 g/mol.